The van der Waals surface area contributed by atoms with Crippen LogP contribution in [-0.4, -0.2) is 26.5 Å². The third-order valence-corrected chi connectivity index (χ3v) is 3.53. The van der Waals surface area contributed by atoms with Crippen molar-refractivity contribution in [3.63, 3.8) is 0 Å². The minimum atomic E-state index is -0.692. The second kappa shape index (κ2) is 5.85. The van der Waals surface area contributed by atoms with Crippen molar-refractivity contribution in [3.8, 4) is 17.4 Å². The summed E-state index contributed by atoms with van der Waals surface area (Å²) in [6, 6.07) is 4.29. The van der Waals surface area contributed by atoms with Crippen molar-refractivity contribution in [2.75, 3.05) is 6.79 Å². The lowest BCUT2D eigenvalue weighted by molar-refractivity contribution is -0.0173. The molecule has 8 nitrogen and oxygen atoms in total. The van der Waals surface area contributed by atoms with Gasteiger partial charge in [0.05, 0.1) is 13.2 Å². The Morgan fingerprint density at radius 3 is 2.92 bits per heavy atom. The molecule has 0 bridgehead atoms. The van der Waals surface area contributed by atoms with Gasteiger partial charge in [0.25, 0.3) is 0 Å². The summed E-state index contributed by atoms with van der Waals surface area (Å²) in [7, 11) is 0. The fourth-order valence-electron chi connectivity index (χ4n) is 2.53. The molecule has 122 valence electrons. The molecule has 4 rings (SSSR count). The summed E-state index contributed by atoms with van der Waals surface area (Å²) in [6.07, 6.45) is 3.05. The van der Waals surface area contributed by atoms with Crippen LogP contribution in [0, 0.1) is 5.82 Å². The predicted molar refractivity (Wildman–Crippen MR) is 77.6 cm³/mol. The fraction of sp³-hybridized carbons (Fsp3) is 0.200. The van der Waals surface area contributed by atoms with Crippen molar-refractivity contribution in [3.05, 3.63) is 58.1 Å². The number of aromatic nitrogens is 4. The largest absolute Gasteiger partial charge is 0.467 e. The molecule has 9 heteroatoms. The second-order valence-corrected chi connectivity index (χ2v) is 5.09. The van der Waals surface area contributed by atoms with Gasteiger partial charge in [-0.15, -0.1) is 0 Å². The van der Waals surface area contributed by atoms with Crippen LogP contribution in [0.2, 0.25) is 0 Å². The van der Waals surface area contributed by atoms with E-state index < -0.39 is 11.6 Å². The highest BCUT2D eigenvalue weighted by Crippen LogP contribution is 2.30. The second-order valence-electron chi connectivity index (χ2n) is 5.09. The summed E-state index contributed by atoms with van der Waals surface area (Å²) < 4.78 is 30.4. The highest BCUT2D eigenvalue weighted by molar-refractivity contribution is 5.45. The Balaban J connectivity index is 1.79. The first-order chi connectivity index (χ1) is 11.7. The van der Waals surface area contributed by atoms with Crippen molar-refractivity contribution in [1.82, 2.24) is 19.7 Å². The van der Waals surface area contributed by atoms with Gasteiger partial charge in [-0.1, -0.05) is 5.16 Å². The maximum Gasteiger partial charge on any atom is 0.442 e. The predicted octanol–water partition coefficient (Wildman–Crippen LogP) is 1.35. The Morgan fingerprint density at radius 2 is 2.08 bits per heavy atom. The van der Waals surface area contributed by atoms with Gasteiger partial charge in [-0.3, -0.25) is 4.52 Å². The first-order valence-corrected chi connectivity index (χ1v) is 7.08. The lowest BCUT2D eigenvalue weighted by Crippen LogP contribution is -2.20. The Hall–Kier alpha value is -3.07. The molecule has 24 heavy (non-hydrogen) atoms. The van der Waals surface area contributed by atoms with E-state index in [1.54, 1.807) is 6.07 Å². The van der Waals surface area contributed by atoms with Gasteiger partial charge < -0.3 is 9.47 Å². The number of halogens is 1. The quantitative estimate of drug-likeness (QED) is 0.715. The highest BCUT2D eigenvalue weighted by Gasteiger charge is 2.21. The van der Waals surface area contributed by atoms with Gasteiger partial charge in [-0.2, -0.15) is 0 Å². The van der Waals surface area contributed by atoms with Crippen molar-refractivity contribution in [1.29, 1.82) is 0 Å². The zero-order valence-electron chi connectivity index (χ0n) is 12.3. The molecule has 0 saturated heterocycles. The van der Waals surface area contributed by atoms with E-state index in [9.17, 15) is 9.18 Å². The monoisotopic (exact) mass is 330 g/mol. The van der Waals surface area contributed by atoms with Crippen LogP contribution >= 0.6 is 0 Å². The molecule has 1 aromatic carbocycles. The summed E-state index contributed by atoms with van der Waals surface area (Å²) in [5.74, 6) is -0.249. The third-order valence-electron chi connectivity index (χ3n) is 3.53. The normalized spacial score (nSPS) is 13.4. The zero-order chi connectivity index (χ0) is 16.5. The van der Waals surface area contributed by atoms with Crippen LogP contribution in [0.4, 0.5) is 4.39 Å². The van der Waals surface area contributed by atoms with E-state index in [2.05, 4.69) is 15.1 Å². The van der Waals surface area contributed by atoms with Crippen molar-refractivity contribution < 1.29 is 18.4 Å². The molecular weight excluding hydrogens is 319 g/mol. The van der Waals surface area contributed by atoms with Crippen LogP contribution in [0.5, 0.6) is 5.75 Å². The topological polar surface area (TPSA) is 92.3 Å². The number of nitrogens with zero attached hydrogens (tertiary/aromatic N) is 4. The van der Waals surface area contributed by atoms with Gasteiger partial charge in [0.2, 0.25) is 5.82 Å². The molecule has 0 saturated carbocycles. The van der Waals surface area contributed by atoms with Crippen LogP contribution < -0.4 is 10.5 Å². The maximum atomic E-state index is 13.8. The molecule has 3 aromatic rings. The van der Waals surface area contributed by atoms with E-state index in [1.807, 2.05) is 0 Å². The minimum absolute atomic E-state index is 0.00993. The van der Waals surface area contributed by atoms with E-state index >= 15 is 0 Å². The Bertz CT molecular complexity index is 938. The summed E-state index contributed by atoms with van der Waals surface area (Å²) in [5, 5.41) is 3.71. The van der Waals surface area contributed by atoms with Gasteiger partial charge >= 0.3 is 5.76 Å². The van der Waals surface area contributed by atoms with E-state index in [0.29, 0.717) is 16.9 Å². The number of rotatable bonds is 3. The van der Waals surface area contributed by atoms with Crippen molar-refractivity contribution in [2.45, 2.75) is 13.2 Å². The van der Waals surface area contributed by atoms with Crippen LogP contribution in [0.25, 0.3) is 11.6 Å². The van der Waals surface area contributed by atoms with E-state index in [1.165, 1.54) is 29.1 Å². The maximum absolute atomic E-state index is 13.8. The van der Waals surface area contributed by atoms with Gasteiger partial charge in [0, 0.05) is 23.5 Å². The molecule has 0 radical (unpaired) electrons. The lowest BCUT2D eigenvalue weighted by Gasteiger charge is -2.20. The van der Waals surface area contributed by atoms with E-state index in [0.717, 1.165) is 0 Å². The van der Waals surface area contributed by atoms with Gasteiger partial charge in [-0.25, -0.2) is 23.7 Å². The number of ether oxygens (including phenoxy) is 2. The first kappa shape index (κ1) is 14.5. The lowest BCUT2D eigenvalue weighted by atomic mass is 10.1. The molecule has 0 unspecified atom stereocenters. The summed E-state index contributed by atoms with van der Waals surface area (Å²) >= 11 is 0. The molecule has 0 fully saturated rings. The Morgan fingerprint density at radius 1 is 1.25 bits per heavy atom. The minimum Gasteiger partial charge on any atom is -0.467 e. The molecule has 2 aromatic heterocycles. The number of hydrogen-bond acceptors (Lipinski definition) is 7. The van der Waals surface area contributed by atoms with Crippen LogP contribution in [0.1, 0.15) is 11.1 Å². The van der Waals surface area contributed by atoms with Gasteiger partial charge in [0.1, 0.15) is 11.6 Å². The summed E-state index contributed by atoms with van der Waals surface area (Å²) in [6.45, 7) is 0.322. The van der Waals surface area contributed by atoms with Gasteiger partial charge in [-0.05, 0) is 18.2 Å². The average molecular weight is 330 g/mol. The fourth-order valence-corrected chi connectivity index (χ4v) is 2.53. The van der Waals surface area contributed by atoms with Crippen LogP contribution in [0.15, 0.2) is 39.9 Å². The number of benzene rings is 1. The first-order valence-electron chi connectivity index (χ1n) is 7.08. The number of hydrogen-bond donors (Lipinski definition) is 0. The van der Waals surface area contributed by atoms with E-state index in [-0.39, 0.29) is 31.6 Å². The molecule has 0 amide bonds. The van der Waals surface area contributed by atoms with Crippen LogP contribution in [-0.2, 0) is 17.9 Å². The SMILES string of the molecule is O=c1onc(-c2ncccn2)n1Cc1cc(F)cc2c1OCOC2. The molecular formula is C15H11FN4O4. The molecule has 0 atom stereocenters. The Kier molecular flexibility index (Phi) is 3.54. The molecule has 0 N–H and O–H groups in total. The summed E-state index contributed by atoms with van der Waals surface area (Å²) in [5.41, 5.74) is 1.06. The molecule has 0 spiro atoms. The van der Waals surface area contributed by atoms with Crippen molar-refractivity contribution in [2.24, 2.45) is 0 Å². The Labute approximate surface area is 134 Å². The van der Waals surface area contributed by atoms with Crippen molar-refractivity contribution >= 4 is 0 Å². The number of fused-ring (bicyclic) bond motifs is 1. The average Bonchev–Trinajstić information content (AvgIpc) is 2.96. The smallest absolute Gasteiger partial charge is 0.442 e. The standard InChI is InChI=1S/C15H11FN4O4/c16-11-4-9(12-10(5-11)7-22-8-23-12)6-20-14(19-24-15(20)21)13-17-2-1-3-18-13/h1-5H,6-8H2. The highest BCUT2D eigenvalue weighted by atomic mass is 19.1. The third kappa shape index (κ3) is 2.54. The summed E-state index contributed by atoms with van der Waals surface area (Å²) in [4.78, 5) is 20.1. The van der Waals surface area contributed by atoms with Gasteiger partial charge in [0.15, 0.2) is 12.6 Å². The molecule has 3 heterocycles. The van der Waals surface area contributed by atoms with E-state index in [4.69, 9.17) is 14.0 Å². The van der Waals surface area contributed by atoms with Crippen LogP contribution in [0.3, 0.4) is 0 Å². The molecule has 0 aliphatic carbocycles. The molecule has 1 aliphatic heterocycles. The molecule has 1 aliphatic rings. The zero-order valence-corrected chi connectivity index (χ0v) is 12.3.